The number of likely N-dealkylation sites (tertiary alicyclic amines) is 1. The molecule has 144 valence electrons. The Balaban J connectivity index is 1.47. The first-order valence-corrected chi connectivity index (χ1v) is 9.45. The molecule has 1 amide bonds. The fraction of sp³-hybridized carbons (Fsp3) is 0.318. The topological polar surface area (TPSA) is 68.5 Å². The van der Waals surface area contributed by atoms with E-state index in [1.54, 1.807) is 7.11 Å². The van der Waals surface area contributed by atoms with E-state index in [1.165, 1.54) is 5.56 Å². The lowest BCUT2D eigenvalue weighted by Gasteiger charge is -2.21. The molecular formula is C22H23N3O3. The summed E-state index contributed by atoms with van der Waals surface area (Å²) in [6.07, 6.45) is 0.409. The van der Waals surface area contributed by atoms with Crippen molar-refractivity contribution in [3.05, 3.63) is 66.0 Å². The lowest BCUT2D eigenvalue weighted by Crippen LogP contribution is -2.29. The number of hydrogen-bond acceptors (Lipinski definition) is 5. The molecule has 2 unspecified atom stereocenters. The van der Waals surface area contributed by atoms with Crippen LogP contribution in [0.1, 0.15) is 36.6 Å². The van der Waals surface area contributed by atoms with Gasteiger partial charge in [-0.2, -0.15) is 4.98 Å². The third kappa shape index (κ3) is 3.63. The molecule has 3 aromatic rings. The normalized spacial score (nSPS) is 17.7. The number of ether oxygens (including phenoxy) is 1. The average Bonchev–Trinajstić information content (AvgIpc) is 3.36. The zero-order valence-corrected chi connectivity index (χ0v) is 16.0. The van der Waals surface area contributed by atoms with Crippen molar-refractivity contribution in [2.75, 3.05) is 20.2 Å². The van der Waals surface area contributed by atoms with Crippen molar-refractivity contribution in [3.63, 3.8) is 0 Å². The molecule has 0 saturated carbocycles. The Bertz CT molecular complexity index is 954. The molecule has 2 aromatic carbocycles. The lowest BCUT2D eigenvalue weighted by atomic mass is 10.0. The van der Waals surface area contributed by atoms with Crippen molar-refractivity contribution in [1.82, 2.24) is 15.0 Å². The second-order valence-electron chi connectivity index (χ2n) is 7.17. The smallest absolute Gasteiger partial charge is 0.261 e. The Morgan fingerprint density at radius 3 is 2.71 bits per heavy atom. The van der Waals surface area contributed by atoms with Crippen molar-refractivity contribution in [2.24, 2.45) is 0 Å². The number of rotatable bonds is 6. The van der Waals surface area contributed by atoms with E-state index in [-0.39, 0.29) is 17.7 Å². The quantitative estimate of drug-likeness (QED) is 0.652. The van der Waals surface area contributed by atoms with Gasteiger partial charge in [0.25, 0.3) is 5.89 Å². The molecule has 0 radical (unpaired) electrons. The molecule has 28 heavy (non-hydrogen) atoms. The number of benzene rings is 2. The van der Waals surface area contributed by atoms with Gasteiger partial charge in [0.05, 0.1) is 12.7 Å². The van der Waals surface area contributed by atoms with Crippen LogP contribution >= 0.6 is 0 Å². The maximum atomic E-state index is 12.5. The van der Waals surface area contributed by atoms with Gasteiger partial charge in [-0.15, -0.1) is 0 Å². The van der Waals surface area contributed by atoms with Crippen molar-refractivity contribution in [3.8, 4) is 17.2 Å². The van der Waals surface area contributed by atoms with Gasteiger partial charge in [-0.3, -0.25) is 4.79 Å². The summed E-state index contributed by atoms with van der Waals surface area (Å²) < 4.78 is 10.8. The second kappa shape index (κ2) is 7.84. The second-order valence-corrected chi connectivity index (χ2v) is 7.17. The fourth-order valence-electron chi connectivity index (χ4n) is 3.67. The highest BCUT2D eigenvalue weighted by Crippen LogP contribution is 2.32. The van der Waals surface area contributed by atoms with Crippen molar-refractivity contribution < 1.29 is 14.1 Å². The van der Waals surface area contributed by atoms with Crippen LogP contribution in [0.15, 0.2) is 59.1 Å². The highest BCUT2D eigenvalue weighted by atomic mass is 16.5. The summed E-state index contributed by atoms with van der Waals surface area (Å²) in [6, 6.07) is 17.8. The van der Waals surface area contributed by atoms with E-state index in [0.717, 1.165) is 5.56 Å². The van der Waals surface area contributed by atoms with Gasteiger partial charge in [0.2, 0.25) is 5.91 Å². The maximum Gasteiger partial charge on any atom is 0.261 e. The van der Waals surface area contributed by atoms with Gasteiger partial charge in [-0.25, -0.2) is 0 Å². The number of carbonyl (C=O) groups is 1. The first kappa shape index (κ1) is 18.2. The fourth-order valence-corrected chi connectivity index (χ4v) is 3.67. The molecular weight excluding hydrogens is 354 g/mol. The van der Waals surface area contributed by atoms with Gasteiger partial charge < -0.3 is 14.2 Å². The summed E-state index contributed by atoms with van der Waals surface area (Å²) in [4.78, 5) is 19.0. The van der Waals surface area contributed by atoms with E-state index in [4.69, 9.17) is 9.26 Å². The van der Waals surface area contributed by atoms with E-state index in [2.05, 4.69) is 29.2 Å². The number of carbonyl (C=O) groups excluding carboxylic acids is 1. The van der Waals surface area contributed by atoms with Crippen LogP contribution in [0.4, 0.5) is 0 Å². The van der Waals surface area contributed by atoms with Crippen LogP contribution in [-0.4, -0.2) is 41.1 Å². The Morgan fingerprint density at radius 1 is 1.18 bits per heavy atom. The zero-order chi connectivity index (χ0) is 19.5. The van der Waals surface area contributed by atoms with Crippen molar-refractivity contribution in [1.29, 1.82) is 0 Å². The van der Waals surface area contributed by atoms with Crippen LogP contribution in [0.25, 0.3) is 11.5 Å². The Hall–Kier alpha value is -3.15. The minimum atomic E-state index is -0.0531. The summed E-state index contributed by atoms with van der Waals surface area (Å²) in [5, 5.41) is 4.14. The minimum absolute atomic E-state index is 0.0531. The molecule has 1 saturated heterocycles. The molecule has 1 aromatic heterocycles. The number of methoxy groups -OCH3 is 1. The standard InChI is InChI=1S/C22H23N3O3/c1-15(16-8-4-3-5-9-16)13-25-14-17(12-20(25)26)21-23-22(28-24-21)18-10-6-7-11-19(18)27-2/h3-11,15,17H,12-14H2,1-2H3. The predicted molar refractivity (Wildman–Crippen MR) is 105 cm³/mol. The molecule has 1 aliphatic heterocycles. The molecule has 2 atom stereocenters. The van der Waals surface area contributed by atoms with Crippen LogP contribution in [0.3, 0.4) is 0 Å². The highest BCUT2D eigenvalue weighted by Gasteiger charge is 2.34. The van der Waals surface area contributed by atoms with Crippen LogP contribution in [0.2, 0.25) is 0 Å². The molecule has 4 rings (SSSR count). The van der Waals surface area contributed by atoms with Crippen molar-refractivity contribution >= 4 is 5.91 Å². The molecule has 1 fully saturated rings. The van der Waals surface area contributed by atoms with Crippen LogP contribution in [-0.2, 0) is 4.79 Å². The highest BCUT2D eigenvalue weighted by molar-refractivity contribution is 5.79. The van der Waals surface area contributed by atoms with Gasteiger partial charge >= 0.3 is 0 Å². The monoisotopic (exact) mass is 377 g/mol. The first-order chi connectivity index (χ1) is 13.7. The number of hydrogen-bond donors (Lipinski definition) is 0. The summed E-state index contributed by atoms with van der Waals surface area (Å²) in [5.41, 5.74) is 1.99. The van der Waals surface area contributed by atoms with E-state index >= 15 is 0 Å². The molecule has 2 heterocycles. The van der Waals surface area contributed by atoms with E-state index in [1.807, 2.05) is 47.4 Å². The van der Waals surface area contributed by atoms with Crippen LogP contribution in [0, 0.1) is 0 Å². The van der Waals surface area contributed by atoms with E-state index in [9.17, 15) is 4.79 Å². The molecule has 6 nitrogen and oxygen atoms in total. The Morgan fingerprint density at radius 2 is 1.93 bits per heavy atom. The van der Waals surface area contributed by atoms with Gasteiger partial charge in [-0.1, -0.05) is 54.5 Å². The van der Waals surface area contributed by atoms with Gasteiger partial charge in [-0.05, 0) is 23.6 Å². The average molecular weight is 377 g/mol. The van der Waals surface area contributed by atoms with Gasteiger partial charge in [0.15, 0.2) is 5.82 Å². The Labute approximate surface area is 164 Å². The third-order valence-corrected chi connectivity index (χ3v) is 5.22. The maximum absolute atomic E-state index is 12.5. The van der Waals surface area contributed by atoms with Crippen LogP contribution in [0.5, 0.6) is 5.75 Å². The summed E-state index contributed by atoms with van der Waals surface area (Å²) in [6.45, 7) is 3.45. The largest absolute Gasteiger partial charge is 0.496 e. The number of amides is 1. The Kier molecular flexibility index (Phi) is 5.10. The summed E-state index contributed by atoms with van der Waals surface area (Å²) >= 11 is 0. The van der Waals surface area contributed by atoms with Gasteiger partial charge in [0, 0.05) is 25.4 Å². The first-order valence-electron chi connectivity index (χ1n) is 9.45. The van der Waals surface area contributed by atoms with Crippen molar-refractivity contribution in [2.45, 2.75) is 25.2 Å². The summed E-state index contributed by atoms with van der Waals surface area (Å²) in [7, 11) is 1.61. The van der Waals surface area contributed by atoms with Gasteiger partial charge in [0.1, 0.15) is 5.75 Å². The molecule has 1 aliphatic rings. The number of para-hydroxylation sites is 1. The molecule has 0 bridgehead atoms. The predicted octanol–water partition coefficient (Wildman–Crippen LogP) is 3.86. The molecule has 0 spiro atoms. The zero-order valence-electron chi connectivity index (χ0n) is 16.0. The van der Waals surface area contributed by atoms with E-state index < -0.39 is 0 Å². The third-order valence-electron chi connectivity index (χ3n) is 5.22. The number of nitrogens with zero attached hydrogens (tertiary/aromatic N) is 3. The summed E-state index contributed by atoms with van der Waals surface area (Å²) in [5.74, 6) is 2.02. The van der Waals surface area contributed by atoms with E-state index in [0.29, 0.717) is 37.0 Å². The molecule has 0 N–H and O–H groups in total. The molecule has 6 heteroatoms. The number of aromatic nitrogens is 2. The minimum Gasteiger partial charge on any atom is -0.496 e. The van der Waals surface area contributed by atoms with Crippen LogP contribution < -0.4 is 4.74 Å². The lowest BCUT2D eigenvalue weighted by molar-refractivity contribution is -0.127. The SMILES string of the molecule is COc1ccccc1-c1nc(C2CC(=O)N(CC(C)c3ccccc3)C2)no1. The molecule has 0 aliphatic carbocycles.